The minimum absolute atomic E-state index is 0.199. The van der Waals surface area contributed by atoms with E-state index in [0.717, 1.165) is 16.3 Å². The van der Waals surface area contributed by atoms with Crippen LogP contribution in [0.2, 0.25) is 0 Å². The molecule has 144 valence electrons. The maximum absolute atomic E-state index is 13.0. The van der Waals surface area contributed by atoms with Gasteiger partial charge in [-0.25, -0.2) is 4.98 Å². The van der Waals surface area contributed by atoms with Gasteiger partial charge in [0, 0.05) is 19.2 Å². The van der Waals surface area contributed by atoms with E-state index in [1.807, 2.05) is 46.3 Å². The number of nitrogens with zero attached hydrogens (tertiary/aromatic N) is 5. The van der Waals surface area contributed by atoms with Crippen LogP contribution in [0, 0.1) is 6.92 Å². The molecule has 1 N–H and O–H groups in total. The normalized spacial score (nSPS) is 11.3. The van der Waals surface area contributed by atoms with Gasteiger partial charge >= 0.3 is 0 Å². The maximum atomic E-state index is 13.0. The minimum Gasteiger partial charge on any atom is -0.352 e. The summed E-state index contributed by atoms with van der Waals surface area (Å²) in [4.78, 5) is 18.5. The molecule has 5 rings (SSSR count). The number of fused-ring (bicyclic) bond motifs is 2. The van der Waals surface area contributed by atoms with Crippen LogP contribution in [-0.4, -0.2) is 37.2 Å². The molecule has 0 aliphatic heterocycles. The van der Waals surface area contributed by atoms with E-state index >= 15 is 0 Å². The summed E-state index contributed by atoms with van der Waals surface area (Å²) in [5, 5.41) is 17.9. The molecule has 5 heterocycles. The molecule has 0 saturated carbocycles. The second kappa shape index (κ2) is 7.10. The SMILES string of the molecule is Cc1noc2nc(-c3cccs3)cc(C(=O)NCCc3nnc4ccccn34)c12. The van der Waals surface area contributed by atoms with E-state index in [9.17, 15) is 4.79 Å². The second-order valence-electron chi connectivity index (χ2n) is 6.53. The molecule has 0 atom stereocenters. The summed E-state index contributed by atoms with van der Waals surface area (Å²) in [5.74, 6) is 0.594. The van der Waals surface area contributed by atoms with Gasteiger partial charge < -0.3 is 9.84 Å². The highest BCUT2D eigenvalue weighted by molar-refractivity contribution is 7.13. The van der Waals surface area contributed by atoms with Crippen molar-refractivity contribution >= 4 is 34.0 Å². The lowest BCUT2D eigenvalue weighted by atomic mass is 10.1. The van der Waals surface area contributed by atoms with Gasteiger partial charge in [0.2, 0.25) is 0 Å². The van der Waals surface area contributed by atoms with E-state index in [2.05, 4.69) is 25.7 Å². The fourth-order valence-corrected chi connectivity index (χ4v) is 3.95. The maximum Gasteiger partial charge on any atom is 0.259 e. The van der Waals surface area contributed by atoms with Gasteiger partial charge in [-0.2, -0.15) is 0 Å². The summed E-state index contributed by atoms with van der Waals surface area (Å²) in [6.45, 7) is 2.23. The van der Waals surface area contributed by atoms with Crippen molar-refractivity contribution in [2.45, 2.75) is 13.3 Å². The van der Waals surface area contributed by atoms with Crippen molar-refractivity contribution in [3.63, 3.8) is 0 Å². The summed E-state index contributed by atoms with van der Waals surface area (Å²) in [6, 6.07) is 11.4. The van der Waals surface area contributed by atoms with E-state index in [1.165, 1.54) is 0 Å². The van der Waals surface area contributed by atoms with Crippen molar-refractivity contribution in [1.82, 2.24) is 30.1 Å². The zero-order chi connectivity index (χ0) is 19.8. The molecule has 0 unspecified atom stereocenters. The van der Waals surface area contributed by atoms with Crippen molar-refractivity contribution in [3.05, 3.63) is 65.1 Å². The van der Waals surface area contributed by atoms with Gasteiger partial charge in [-0.3, -0.25) is 9.20 Å². The average molecular weight is 404 g/mol. The third kappa shape index (κ3) is 3.15. The Bertz CT molecular complexity index is 1320. The first-order valence-corrected chi connectivity index (χ1v) is 9.96. The van der Waals surface area contributed by atoms with Crippen LogP contribution < -0.4 is 5.32 Å². The summed E-state index contributed by atoms with van der Waals surface area (Å²) in [7, 11) is 0. The molecule has 0 spiro atoms. The third-order valence-electron chi connectivity index (χ3n) is 4.65. The van der Waals surface area contributed by atoms with E-state index in [1.54, 1.807) is 24.3 Å². The number of hydrogen-bond acceptors (Lipinski definition) is 7. The monoisotopic (exact) mass is 404 g/mol. The predicted molar refractivity (Wildman–Crippen MR) is 109 cm³/mol. The Morgan fingerprint density at radius 2 is 2.17 bits per heavy atom. The molecule has 0 aliphatic rings. The molecule has 0 saturated heterocycles. The first-order valence-electron chi connectivity index (χ1n) is 9.08. The second-order valence-corrected chi connectivity index (χ2v) is 7.48. The van der Waals surface area contributed by atoms with Crippen molar-refractivity contribution in [1.29, 1.82) is 0 Å². The minimum atomic E-state index is -0.199. The van der Waals surface area contributed by atoms with E-state index in [-0.39, 0.29) is 5.91 Å². The Morgan fingerprint density at radius 1 is 1.24 bits per heavy atom. The fraction of sp³-hybridized carbons (Fsp3) is 0.150. The summed E-state index contributed by atoms with van der Waals surface area (Å²) >= 11 is 1.55. The molecular weight excluding hydrogens is 388 g/mol. The molecular formula is C20H16N6O2S. The first kappa shape index (κ1) is 17.5. The third-order valence-corrected chi connectivity index (χ3v) is 5.55. The molecule has 29 heavy (non-hydrogen) atoms. The van der Waals surface area contributed by atoms with Crippen molar-refractivity contribution in [3.8, 4) is 10.6 Å². The van der Waals surface area contributed by atoms with Gasteiger partial charge in [0.25, 0.3) is 11.6 Å². The summed E-state index contributed by atoms with van der Waals surface area (Å²) < 4.78 is 7.24. The van der Waals surface area contributed by atoms with Gasteiger partial charge in [-0.1, -0.05) is 17.3 Å². The largest absolute Gasteiger partial charge is 0.352 e. The number of aryl methyl sites for hydroxylation is 1. The van der Waals surface area contributed by atoms with Crippen LogP contribution in [0.5, 0.6) is 0 Å². The lowest BCUT2D eigenvalue weighted by molar-refractivity contribution is 0.0955. The van der Waals surface area contributed by atoms with Crippen molar-refractivity contribution in [2.24, 2.45) is 0 Å². The molecule has 0 fully saturated rings. The van der Waals surface area contributed by atoms with Crippen LogP contribution in [0.3, 0.4) is 0 Å². The molecule has 5 aromatic rings. The highest BCUT2D eigenvalue weighted by atomic mass is 32.1. The molecule has 8 nitrogen and oxygen atoms in total. The number of nitrogens with one attached hydrogen (secondary N) is 1. The Balaban J connectivity index is 1.41. The van der Waals surface area contributed by atoms with Gasteiger partial charge in [0.1, 0.15) is 5.82 Å². The smallest absolute Gasteiger partial charge is 0.259 e. The summed E-state index contributed by atoms with van der Waals surface area (Å²) in [5.41, 5.74) is 2.98. The van der Waals surface area contributed by atoms with Crippen LogP contribution in [0.4, 0.5) is 0 Å². The molecule has 9 heteroatoms. The number of pyridine rings is 2. The number of rotatable bonds is 5. The number of hydrogen-bond donors (Lipinski definition) is 1. The zero-order valence-corrected chi connectivity index (χ0v) is 16.3. The molecule has 0 aliphatic carbocycles. The van der Waals surface area contributed by atoms with Crippen LogP contribution in [0.15, 0.2) is 52.5 Å². The van der Waals surface area contributed by atoms with Gasteiger partial charge in [-0.15, -0.1) is 21.5 Å². The topological polar surface area (TPSA) is 98.2 Å². The predicted octanol–water partition coefficient (Wildman–Crippen LogP) is 3.27. The van der Waals surface area contributed by atoms with E-state index in [0.29, 0.717) is 41.0 Å². The number of carbonyl (C=O) groups excluding carboxylic acids is 1. The van der Waals surface area contributed by atoms with Crippen LogP contribution in [0.25, 0.3) is 27.3 Å². The van der Waals surface area contributed by atoms with Gasteiger partial charge in [-0.05, 0) is 36.6 Å². The quantitative estimate of drug-likeness (QED) is 0.483. The van der Waals surface area contributed by atoms with Crippen molar-refractivity contribution in [2.75, 3.05) is 6.54 Å². The molecule has 0 radical (unpaired) electrons. The molecule has 5 aromatic heterocycles. The zero-order valence-electron chi connectivity index (χ0n) is 15.5. The number of amides is 1. The molecule has 1 amide bonds. The molecule has 0 aromatic carbocycles. The Kier molecular flexibility index (Phi) is 4.28. The Labute approximate surface area is 169 Å². The Morgan fingerprint density at radius 3 is 3.03 bits per heavy atom. The lowest BCUT2D eigenvalue weighted by Gasteiger charge is -2.07. The Hall–Kier alpha value is -3.59. The fourth-order valence-electron chi connectivity index (χ4n) is 3.27. The standard InChI is InChI=1S/C20H16N6O2S/c1-12-18-13(11-14(15-5-4-10-29-15)22-20(18)28-25-12)19(27)21-8-7-17-24-23-16-6-2-3-9-26(16)17/h2-6,9-11H,7-8H2,1H3,(H,21,27). The highest BCUT2D eigenvalue weighted by Crippen LogP contribution is 2.29. The van der Waals surface area contributed by atoms with Crippen molar-refractivity contribution < 1.29 is 9.32 Å². The first-order chi connectivity index (χ1) is 14.2. The number of carbonyl (C=O) groups is 1. The number of thiophene rings is 1. The lowest BCUT2D eigenvalue weighted by Crippen LogP contribution is -2.26. The molecule has 0 bridgehead atoms. The summed E-state index contributed by atoms with van der Waals surface area (Å²) in [6.07, 6.45) is 2.47. The van der Waals surface area contributed by atoms with E-state index < -0.39 is 0 Å². The van der Waals surface area contributed by atoms with Crippen LogP contribution >= 0.6 is 11.3 Å². The average Bonchev–Trinajstić information content (AvgIpc) is 3.48. The van der Waals surface area contributed by atoms with Crippen LogP contribution in [-0.2, 0) is 6.42 Å². The van der Waals surface area contributed by atoms with Crippen LogP contribution in [0.1, 0.15) is 21.9 Å². The van der Waals surface area contributed by atoms with Gasteiger partial charge in [0.15, 0.2) is 5.65 Å². The highest BCUT2D eigenvalue weighted by Gasteiger charge is 2.19. The van der Waals surface area contributed by atoms with E-state index in [4.69, 9.17) is 4.52 Å². The number of aromatic nitrogens is 5. The van der Waals surface area contributed by atoms with Gasteiger partial charge in [0.05, 0.1) is 27.2 Å².